The fourth-order valence-corrected chi connectivity index (χ4v) is 5.43. The smallest absolute Gasteiger partial charge is 0.283 e. The number of aromatic hydroxyl groups is 2. The Morgan fingerprint density at radius 2 is 1.34 bits per heavy atom. The molecule has 0 bridgehead atoms. The minimum Gasteiger partial charge on any atom is -0.506 e. The van der Waals surface area contributed by atoms with Gasteiger partial charge in [0, 0.05) is 11.1 Å². The number of rotatable bonds is 4. The highest BCUT2D eigenvalue weighted by molar-refractivity contribution is 7.87. The summed E-state index contributed by atoms with van der Waals surface area (Å²) in [6.45, 7) is 0. The Hall–Kier alpha value is -1.67. The molecule has 0 amide bonds. The molecule has 152 valence electrons. The second-order valence-electron chi connectivity index (χ2n) is 6.04. The molecule has 3 aromatic rings. The molecule has 1 atom stereocenters. The second-order valence-corrected chi connectivity index (χ2v) is 9.17. The normalized spacial score (nSPS) is 13.8. The summed E-state index contributed by atoms with van der Waals surface area (Å²) >= 11 is 24.3. The summed E-state index contributed by atoms with van der Waals surface area (Å²) in [6, 6.07) is 12.6. The molecule has 0 aliphatic carbocycles. The number of halogens is 4. The second kappa shape index (κ2) is 7.87. The van der Waals surface area contributed by atoms with Crippen molar-refractivity contribution in [3.05, 3.63) is 91.4 Å². The number of phenols is 2. The topological polar surface area (TPSA) is 94.8 Å². The molecule has 0 aromatic heterocycles. The predicted molar refractivity (Wildman–Crippen MR) is 114 cm³/mol. The van der Waals surface area contributed by atoms with E-state index in [0.717, 1.165) is 6.07 Å². The minimum atomic E-state index is -5.11. The van der Waals surface area contributed by atoms with E-state index in [1.54, 1.807) is 6.07 Å². The number of hydrogen-bond donors (Lipinski definition) is 3. The summed E-state index contributed by atoms with van der Waals surface area (Å²) < 4.78 is 33.9. The van der Waals surface area contributed by atoms with Gasteiger partial charge < -0.3 is 10.2 Å². The van der Waals surface area contributed by atoms with E-state index < -0.39 is 31.4 Å². The molecular weight excluding hydrogens is 482 g/mol. The van der Waals surface area contributed by atoms with Crippen molar-refractivity contribution in [3.8, 4) is 11.5 Å². The van der Waals surface area contributed by atoms with E-state index in [0.29, 0.717) is 0 Å². The fraction of sp³-hybridized carbons (Fsp3) is 0.0526. The molecule has 3 N–H and O–H groups in total. The van der Waals surface area contributed by atoms with Crippen LogP contribution >= 0.6 is 46.4 Å². The van der Waals surface area contributed by atoms with Gasteiger partial charge in [-0.3, -0.25) is 4.55 Å². The average molecular weight is 494 g/mol. The maximum Gasteiger partial charge on any atom is 0.283 e. The average Bonchev–Trinajstić information content (AvgIpc) is 2.67. The van der Waals surface area contributed by atoms with Crippen molar-refractivity contribution in [1.82, 2.24) is 0 Å². The molecule has 10 heteroatoms. The minimum absolute atomic E-state index is 0.0137. The lowest BCUT2D eigenvalue weighted by Crippen LogP contribution is -2.38. The van der Waals surface area contributed by atoms with Crippen LogP contribution in [0.25, 0.3) is 0 Å². The van der Waals surface area contributed by atoms with E-state index in [1.807, 2.05) is 0 Å². The van der Waals surface area contributed by atoms with Crippen LogP contribution in [-0.2, 0) is 14.9 Å². The summed E-state index contributed by atoms with van der Waals surface area (Å²) in [4.78, 5) is 0. The van der Waals surface area contributed by atoms with Gasteiger partial charge in [-0.25, -0.2) is 0 Å². The first-order chi connectivity index (χ1) is 13.5. The van der Waals surface area contributed by atoms with Crippen molar-refractivity contribution < 1.29 is 23.2 Å². The Bertz CT molecular complexity index is 1200. The summed E-state index contributed by atoms with van der Waals surface area (Å²) in [5, 5.41) is 19.8. The lowest BCUT2D eigenvalue weighted by molar-refractivity contribution is 0.439. The number of benzene rings is 3. The predicted octanol–water partition coefficient (Wildman–Crippen LogP) is 5.89. The van der Waals surface area contributed by atoms with Crippen molar-refractivity contribution in [1.29, 1.82) is 0 Å². The molecule has 0 aliphatic rings. The molecule has 0 fully saturated rings. The van der Waals surface area contributed by atoms with Crippen LogP contribution in [0.2, 0.25) is 20.1 Å². The van der Waals surface area contributed by atoms with E-state index in [1.165, 1.54) is 42.5 Å². The summed E-state index contributed by atoms with van der Waals surface area (Å²) in [6.07, 6.45) is 0. The molecule has 0 radical (unpaired) electrons. The molecule has 3 rings (SSSR count). The fourth-order valence-electron chi connectivity index (χ4n) is 3.20. The Kier molecular flexibility index (Phi) is 5.98. The van der Waals surface area contributed by atoms with E-state index in [9.17, 15) is 23.2 Å². The van der Waals surface area contributed by atoms with Gasteiger partial charge in [-0.15, -0.1) is 0 Å². The van der Waals surface area contributed by atoms with E-state index >= 15 is 0 Å². The lowest BCUT2D eigenvalue weighted by Gasteiger charge is -2.34. The first kappa shape index (κ1) is 22.0. The Morgan fingerprint density at radius 3 is 1.93 bits per heavy atom. The number of hydrogen-bond acceptors (Lipinski definition) is 4. The third kappa shape index (κ3) is 3.44. The van der Waals surface area contributed by atoms with Crippen molar-refractivity contribution in [3.63, 3.8) is 0 Å². The van der Waals surface area contributed by atoms with Gasteiger partial charge in [-0.2, -0.15) is 8.42 Å². The maximum atomic E-state index is 13.0. The van der Waals surface area contributed by atoms with E-state index in [4.69, 9.17) is 46.4 Å². The first-order valence-corrected chi connectivity index (χ1v) is 10.9. The highest BCUT2D eigenvalue weighted by atomic mass is 35.5. The number of para-hydroxylation sites is 1. The molecular formula is C19H12Cl4O5S. The quantitative estimate of drug-likeness (QED) is 0.239. The van der Waals surface area contributed by atoms with Crippen LogP contribution < -0.4 is 0 Å². The first-order valence-electron chi connectivity index (χ1n) is 7.91. The van der Waals surface area contributed by atoms with Crippen LogP contribution in [-0.4, -0.2) is 23.2 Å². The highest BCUT2D eigenvalue weighted by Crippen LogP contribution is 2.53. The van der Waals surface area contributed by atoms with Crippen LogP contribution in [0.5, 0.6) is 11.5 Å². The summed E-state index contributed by atoms with van der Waals surface area (Å²) in [7, 11) is -5.11. The zero-order valence-electron chi connectivity index (χ0n) is 14.3. The van der Waals surface area contributed by atoms with E-state index in [-0.39, 0.29) is 31.8 Å². The maximum absolute atomic E-state index is 13.0. The zero-order chi connectivity index (χ0) is 21.6. The Labute approximate surface area is 186 Å². The molecule has 0 heterocycles. The van der Waals surface area contributed by atoms with Gasteiger partial charge in [0.05, 0.1) is 15.1 Å². The van der Waals surface area contributed by atoms with Crippen molar-refractivity contribution in [2.24, 2.45) is 0 Å². The van der Waals surface area contributed by atoms with Gasteiger partial charge in [0.15, 0.2) is 10.5 Å². The zero-order valence-corrected chi connectivity index (χ0v) is 18.1. The molecule has 0 saturated heterocycles. The molecule has 5 nitrogen and oxygen atoms in total. The van der Waals surface area contributed by atoms with Gasteiger partial charge >= 0.3 is 0 Å². The third-order valence-corrected chi connectivity index (χ3v) is 7.36. The SMILES string of the molecule is O=S(=O)(O)C(c1ccccc1)(c1cccc(Cl)c1O)c1cc(Cl)c(Cl)c(O)c1Cl. The third-order valence-electron chi connectivity index (χ3n) is 4.45. The molecule has 29 heavy (non-hydrogen) atoms. The van der Waals surface area contributed by atoms with Gasteiger partial charge in [0.25, 0.3) is 10.1 Å². The molecule has 3 aromatic carbocycles. The molecule has 0 spiro atoms. The van der Waals surface area contributed by atoms with Gasteiger partial charge in [-0.05, 0) is 17.7 Å². The Balaban J connectivity index is 2.65. The van der Waals surface area contributed by atoms with Crippen LogP contribution in [0, 0.1) is 0 Å². The van der Waals surface area contributed by atoms with Crippen LogP contribution in [0.1, 0.15) is 16.7 Å². The van der Waals surface area contributed by atoms with Crippen molar-refractivity contribution in [2.75, 3.05) is 0 Å². The van der Waals surface area contributed by atoms with E-state index in [2.05, 4.69) is 0 Å². The van der Waals surface area contributed by atoms with Gasteiger partial charge in [0.1, 0.15) is 10.8 Å². The number of phenolic OH excluding ortho intramolecular Hbond substituents is 2. The van der Waals surface area contributed by atoms with Crippen molar-refractivity contribution >= 4 is 56.5 Å². The van der Waals surface area contributed by atoms with Crippen LogP contribution in [0.15, 0.2) is 54.6 Å². The van der Waals surface area contributed by atoms with Crippen LogP contribution in [0.4, 0.5) is 0 Å². The van der Waals surface area contributed by atoms with Crippen LogP contribution in [0.3, 0.4) is 0 Å². The highest BCUT2D eigenvalue weighted by Gasteiger charge is 2.52. The molecule has 0 aliphatic heterocycles. The summed E-state index contributed by atoms with van der Waals surface area (Å²) in [5.74, 6) is -1.28. The molecule has 0 saturated carbocycles. The Morgan fingerprint density at radius 1 is 0.724 bits per heavy atom. The molecule has 1 unspecified atom stereocenters. The van der Waals surface area contributed by atoms with Gasteiger partial charge in [0.2, 0.25) is 0 Å². The summed E-state index contributed by atoms with van der Waals surface area (Å²) in [5.41, 5.74) is -0.601. The van der Waals surface area contributed by atoms with Crippen molar-refractivity contribution in [2.45, 2.75) is 4.75 Å². The monoisotopic (exact) mass is 492 g/mol. The standard InChI is InChI=1S/C19H12Cl4O5S/c20-13-8-4-7-11(17(13)24)19(29(26,27)28,10-5-2-1-3-6-10)12-9-14(21)16(23)18(25)15(12)22/h1-9,24-25H,(H,26,27,28). The van der Waals surface area contributed by atoms with Gasteiger partial charge in [-0.1, -0.05) is 88.9 Å². The largest absolute Gasteiger partial charge is 0.506 e. The lowest BCUT2D eigenvalue weighted by atomic mass is 9.83.